The standard InChI is InChI=1S/C14H15N3O2/c1-12(14(18)17(9-7-15)10-8-16)19-11-13-5-3-2-4-6-13/h2-6,12H,9-11H2,1H3. The highest BCUT2D eigenvalue weighted by Crippen LogP contribution is 2.05. The molecule has 98 valence electrons. The molecular formula is C14H15N3O2. The van der Waals surface area contributed by atoms with Crippen molar-refractivity contribution in [3.8, 4) is 12.1 Å². The van der Waals surface area contributed by atoms with Crippen LogP contribution in [0.15, 0.2) is 30.3 Å². The number of rotatable bonds is 6. The number of nitriles is 2. The summed E-state index contributed by atoms with van der Waals surface area (Å²) in [7, 11) is 0. The second kappa shape index (κ2) is 7.86. The van der Waals surface area contributed by atoms with Crippen molar-refractivity contribution in [2.75, 3.05) is 13.1 Å². The van der Waals surface area contributed by atoms with Gasteiger partial charge >= 0.3 is 0 Å². The van der Waals surface area contributed by atoms with Crippen LogP contribution >= 0.6 is 0 Å². The van der Waals surface area contributed by atoms with E-state index in [0.29, 0.717) is 6.61 Å². The second-order valence-electron chi connectivity index (χ2n) is 3.95. The number of ether oxygens (including phenoxy) is 1. The zero-order chi connectivity index (χ0) is 14.1. The van der Waals surface area contributed by atoms with E-state index in [0.717, 1.165) is 5.56 Å². The van der Waals surface area contributed by atoms with Crippen LogP contribution in [0.2, 0.25) is 0 Å². The van der Waals surface area contributed by atoms with Gasteiger partial charge in [0.2, 0.25) is 0 Å². The molecule has 5 nitrogen and oxygen atoms in total. The summed E-state index contributed by atoms with van der Waals surface area (Å²) >= 11 is 0. The largest absolute Gasteiger partial charge is 0.364 e. The van der Waals surface area contributed by atoms with E-state index in [1.165, 1.54) is 4.90 Å². The Balaban J connectivity index is 2.52. The monoisotopic (exact) mass is 257 g/mol. The fourth-order valence-corrected chi connectivity index (χ4v) is 1.51. The average molecular weight is 257 g/mol. The third-order valence-corrected chi connectivity index (χ3v) is 2.53. The molecule has 0 N–H and O–H groups in total. The summed E-state index contributed by atoms with van der Waals surface area (Å²) in [5, 5.41) is 17.2. The third kappa shape index (κ3) is 4.79. The molecule has 1 aromatic rings. The van der Waals surface area contributed by atoms with Crippen molar-refractivity contribution in [2.24, 2.45) is 0 Å². The Hall–Kier alpha value is -2.37. The lowest BCUT2D eigenvalue weighted by Gasteiger charge is -2.20. The zero-order valence-corrected chi connectivity index (χ0v) is 10.7. The van der Waals surface area contributed by atoms with Crippen LogP contribution < -0.4 is 0 Å². The van der Waals surface area contributed by atoms with Crippen LogP contribution in [0, 0.1) is 22.7 Å². The van der Waals surface area contributed by atoms with Crippen LogP contribution in [0.3, 0.4) is 0 Å². The normalized spacial score (nSPS) is 11.1. The number of carbonyl (C=O) groups is 1. The van der Waals surface area contributed by atoms with Gasteiger partial charge < -0.3 is 9.64 Å². The van der Waals surface area contributed by atoms with Gasteiger partial charge in [0.1, 0.15) is 19.2 Å². The van der Waals surface area contributed by atoms with Crippen molar-refractivity contribution in [1.82, 2.24) is 4.90 Å². The first-order valence-electron chi connectivity index (χ1n) is 5.87. The molecule has 19 heavy (non-hydrogen) atoms. The number of carbonyl (C=O) groups excluding carboxylic acids is 1. The molecule has 0 spiro atoms. The van der Waals surface area contributed by atoms with E-state index >= 15 is 0 Å². The highest BCUT2D eigenvalue weighted by molar-refractivity contribution is 5.81. The van der Waals surface area contributed by atoms with Crippen molar-refractivity contribution >= 4 is 5.91 Å². The Morgan fingerprint density at radius 2 is 1.84 bits per heavy atom. The smallest absolute Gasteiger partial charge is 0.253 e. The first kappa shape index (κ1) is 14.7. The van der Waals surface area contributed by atoms with Crippen molar-refractivity contribution in [3.63, 3.8) is 0 Å². The van der Waals surface area contributed by atoms with Gasteiger partial charge in [0.15, 0.2) is 0 Å². The number of amides is 1. The van der Waals surface area contributed by atoms with Crippen molar-refractivity contribution in [3.05, 3.63) is 35.9 Å². The molecule has 1 unspecified atom stereocenters. The van der Waals surface area contributed by atoms with Crippen LogP contribution in [0.25, 0.3) is 0 Å². The quantitative estimate of drug-likeness (QED) is 0.723. The Labute approximate surface area is 112 Å². The van der Waals surface area contributed by atoms with E-state index in [1.54, 1.807) is 6.92 Å². The molecule has 0 aliphatic heterocycles. The molecule has 0 bridgehead atoms. The average Bonchev–Trinajstić information content (AvgIpc) is 2.45. The maximum absolute atomic E-state index is 11.9. The van der Waals surface area contributed by atoms with Crippen molar-refractivity contribution in [2.45, 2.75) is 19.6 Å². The fraction of sp³-hybridized carbons (Fsp3) is 0.357. The van der Waals surface area contributed by atoms with Gasteiger partial charge in [0, 0.05) is 0 Å². The van der Waals surface area contributed by atoms with Gasteiger partial charge in [0.25, 0.3) is 5.91 Å². The van der Waals surface area contributed by atoms with E-state index in [-0.39, 0.29) is 19.0 Å². The molecule has 0 aliphatic rings. The molecule has 0 aliphatic carbocycles. The summed E-state index contributed by atoms with van der Waals surface area (Å²) < 4.78 is 5.45. The van der Waals surface area contributed by atoms with Crippen LogP contribution in [-0.4, -0.2) is 30.0 Å². The predicted octanol–water partition coefficient (Wildman–Crippen LogP) is 1.47. The Bertz CT molecular complexity index is 472. The highest BCUT2D eigenvalue weighted by atomic mass is 16.5. The van der Waals surface area contributed by atoms with Crippen LogP contribution in [-0.2, 0) is 16.1 Å². The van der Waals surface area contributed by atoms with Crippen molar-refractivity contribution in [1.29, 1.82) is 10.5 Å². The minimum absolute atomic E-state index is 0.106. The topological polar surface area (TPSA) is 77.1 Å². The number of benzene rings is 1. The first-order valence-corrected chi connectivity index (χ1v) is 5.87. The highest BCUT2D eigenvalue weighted by Gasteiger charge is 2.20. The number of hydrogen-bond donors (Lipinski definition) is 0. The van der Waals surface area contributed by atoms with Gasteiger partial charge in [0.05, 0.1) is 18.7 Å². The number of hydrogen-bond acceptors (Lipinski definition) is 4. The molecule has 0 saturated carbocycles. The third-order valence-electron chi connectivity index (χ3n) is 2.53. The fourth-order valence-electron chi connectivity index (χ4n) is 1.51. The Kier molecular flexibility index (Phi) is 6.08. The minimum atomic E-state index is -0.679. The maximum atomic E-state index is 11.9. The molecule has 1 rings (SSSR count). The summed E-state index contributed by atoms with van der Waals surface area (Å²) in [5.41, 5.74) is 0.967. The molecule has 0 heterocycles. The lowest BCUT2D eigenvalue weighted by Crippen LogP contribution is -2.39. The summed E-state index contributed by atoms with van der Waals surface area (Å²) in [6, 6.07) is 13.2. The lowest BCUT2D eigenvalue weighted by molar-refractivity contribution is -0.142. The van der Waals surface area contributed by atoms with Gasteiger partial charge in [-0.3, -0.25) is 4.79 Å². The molecule has 0 saturated heterocycles. The molecule has 0 aromatic heterocycles. The van der Waals surface area contributed by atoms with Crippen LogP contribution in [0.1, 0.15) is 12.5 Å². The van der Waals surface area contributed by atoms with Gasteiger partial charge in [-0.25, -0.2) is 0 Å². The van der Waals surface area contributed by atoms with Gasteiger partial charge in [-0.15, -0.1) is 0 Å². The Morgan fingerprint density at radius 3 is 2.37 bits per heavy atom. The van der Waals surface area contributed by atoms with Gasteiger partial charge in [-0.05, 0) is 12.5 Å². The zero-order valence-electron chi connectivity index (χ0n) is 10.7. The minimum Gasteiger partial charge on any atom is -0.364 e. The van der Waals surface area contributed by atoms with Gasteiger partial charge in [-0.1, -0.05) is 30.3 Å². The summed E-state index contributed by atoms with van der Waals surface area (Å²) in [6.07, 6.45) is -0.679. The van der Waals surface area contributed by atoms with E-state index in [2.05, 4.69) is 0 Å². The van der Waals surface area contributed by atoms with Gasteiger partial charge in [-0.2, -0.15) is 10.5 Å². The van der Waals surface area contributed by atoms with Crippen LogP contribution in [0.4, 0.5) is 0 Å². The van der Waals surface area contributed by atoms with Crippen LogP contribution in [0.5, 0.6) is 0 Å². The van der Waals surface area contributed by atoms with E-state index < -0.39 is 6.10 Å². The summed E-state index contributed by atoms with van der Waals surface area (Å²) in [6.45, 7) is 1.73. The predicted molar refractivity (Wildman–Crippen MR) is 68.5 cm³/mol. The second-order valence-corrected chi connectivity index (χ2v) is 3.95. The lowest BCUT2D eigenvalue weighted by atomic mass is 10.2. The number of nitrogens with zero attached hydrogens (tertiary/aromatic N) is 3. The molecule has 1 atom stereocenters. The molecule has 5 heteroatoms. The molecule has 1 amide bonds. The molecule has 0 fully saturated rings. The maximum Gasteiger partial charge on any atom is 0.253 e. The first-order chi connectivity index (χ1) is 9.19. The Morgan fingerprint density at radius 1 is 1.26 bits per heavy atom. The molecule has 0 radical (unpaired) electrons. The molecule has 1 aromatic carbocycles. The van der Waals surface area contributed by atoms with Crippen molar-refractivity contribution < 1.29 is 9.53 Å². The summed E-state index contributed by atoms with van der Waals surface area (Å²) in [4.78, 5) is 13.1. The summed E-state index contributed by atoms with van der Waals surface area (Å²) in [5.74, 6) is -0.348. The molecular weight excluding hydrogens is 242 g/mol. The SMILES string of the molecule is CC(OCc1ccccc1)C(=O)N(CC#N)CC#N. The van der Waals surface area contributed by atoms with E-state index in [9.17, 15) is 4.79 Å². The van der Waals surface area contributed by atoms with E-state index in [4.69, 9.17) is 15.3 Å². The van der Waals surface area contributed by atoms with E-state index in [1.807, 2.05) is 42.5 Å².